The molecule has 4 N–H and O–H groups in total. The molecular weight excluding hydrogens is 903 g/mol. The van der Waals surface area contributed by atoms with Crippen LogP contribution in [-0.4, -0.2) is 134 Å². The van der Waals surface area contributed by atoms with Crippen molar-refractivity contribution in [2.75, 3.05) is 46.0 Å². The smallest absolute Gasteiger partial charge is 0.428 e. The number of aromatic nitrogens is 8. The van der Waals surface area contributed by atoms with Crippen LogP contribution in [0.15, 0.2) is 12.1 Å². The van der Waals surface area contributed by atoms with Gasteiger partial charge < -0.3 is 29.9 Å². The summed E-state index contributed by atoms with van der Waals surface area (Å²) in [5, 5.41) is 19.6. The Kier molecular flexibility index (Phi) is 13.7. The van der Waals surface area contributed by atoms with Crippen molar-refractivity contribution in [3.05, 3.63) is 46.5 Å². The number of carbonyl (C=O) groups is 1. The monoisotopic (exact) mass is 960 g/mol. The molecule has 4 aromatic heterocycles. The van der Waals surface area contributed by atoms with Crippen LogP contribution in [0.3, 0.4) is 0 Å². The fourth-order valence-corrected chi connectivity index (χ4v) is 13.1. The van der Waals surface area contributed by atoms with E-state index in [-0.39, 0.29) is 94.3 Å². The van der Waals surface area contributed by atoms with Gasteiger partial charge in [0.05, 0.1) is 11.5 Å². The number of hydrogen-bond acceptors (Lipinski definition) is 17. The fraction of sp³-hybridized carbons (Fsp3) is 0.634. The molecule has 0 amide bonds. The lowest BCUT2D eigenvalue weighted by molar-refractivity contribution is 0.0416. The number of H-pyrrole nitrogens is 2. The van der Waals surface area contributed by atoms with Gasteiger partial charge in [0.25, 0.3) is 0 Å². The number of fused-ring (bicyclic) bond motifs is 4. The first-order chi connectivity index (χ1) is 31.4. The zero-order valence-corrected chi connectivity index (χ0v) is 39.6. The number of aryl methyl sites for hydroxylation is 2. The van der Waals surface area contributed by atoms with Crippen LogP contribution in [0.2, 0.25) is 0 Å². The highest BCUT2D eigenvalue weighted by molar-refractivity contribution is 7.89. The third-order valence-electron chi connectivity index (χ3n) is 13.2. The van der Waals surface area contributed by atoms with Gasteiger partial charge in [-0.05, 0) is 79.1 Å². The van der Waals surface area contributed by atoms with E-state index < -0.39 is 51.1 Å². The number of anilines is 6. The molecule has 4 aromatic rings. The van der Waals surface area contributed by atoms with Gasteiger partial charge in [-0.25, -0.2) is 40.4 Å². The molecule has 8 rings (SSSR count). The van der Waals surface area contributed by atoms with Crippen molar-refractivity contribution in [1.29, 1.82) is 0 Å². The Bertz CT molecular complexity index is 2430. The van der Waals surface area contributed by atoms with Crippen LogP contribution < -0.4 is 20.4 Å². The van der Waals surface area contributed by atoms with E-state index in [2.05, 4.69) is 51.0 Å². The first-order valence-electron chi connectivity index (χ1n) is 22.4. The number of ether oxygens (including phenoxy) is 2. The van der Waals surface area contributed by atoms with Crippen molar-refractivity contribution >= 4 is 61.4 Å². The van der Waals surface area contributed by atoms with E-state index in [0.29, 0.717) is 37.1 Å². The van der Waals surface area contributed by atoms with E-state index in [9.17, 15) is 21.6 Å². The molecule has 8 heterocycles. The summed E-state index contributed by atoms with van der Waals surface area (Å²) in [5.74, 6) is -1.47. The van der Waals surface area contributed by atoms with Crippen LogP contribution in [0.1, 0.15) is 101 Å². The van der Waals surface area contributed by atoms with Crippen LogP contribution in [-0.2, 0) is 42.7 Å². The van der Waals surface area contributed by atoms with Crippen molar-refractivity contribution in [1.82, 2.24) is 48.9 Å². The van der Waals surface area contributed by atoms with E-state index in [1.165, 1.54) is 0 Å². The van der Waals surface area contributed by atoms with Crippen molar-refractivity contribution in [2.24, 2.45) is 0 Å². The van der Waals surface area contributed by atoms with Gasteiger partial charge in [-0.15, -0.1) is 0 Å². The summed E-state index contributed by atoms with van der Waals surface area (Å²) < 4.78 is 98.8. The zero-order valence-electron chi connectivity index (χ0n) is 37.9. The van der Waals surface area contributed by atoms with Crippen molar-refractivity contribution in [3.63, 3.8) is 0 Å². The van der Waals surface area contributed by atoms with E-state index in [0.717, 1.165) is 38.5 Å². The van der Waals surface area contributed by atoms with E-state index in [4.69, 9.17) is 9.47 Å². The third-order valence-corrected chi connectivity index (χ3v) is 17.2. The molecule has 66 heavy (non-hydrogen) atoms. The molecule has 0 saturated carbocycles. The molecule has 0 aliphatic carbocycles. The number of nitrogens with one attached hydrogen (secondary N) is 4. The number of aromatic amines is 2. The van der Waals surface area contributed by atoms with Gasteiger partial charge in [-0.3, -0.25) is 10.2 Å². The van der Waals surface area contributed by atoms with Crippen molar-refractivity contribution < 1.29 is 39.9 Å². The van der Waals surface area contributed by atoms with E-state index in [1.54, 1.807) is 72.3 Å². The highest BCUT2D eigenvalue weighted by Crippen LogP contribution is 2.40. The number of carbonyl (C=O) groups excluding carboxylic acids is 1. The first-order valence-corrected chi connectivity index (χ1v) is 25.6. The van der Waals surface area contributed by atoms with Crippen molar-refractivity contribution in [3.8, 4) is 0 Å². The molecular formula is C41H58F2N14O7S2. The predicted molar refractivity (Wildman–Crippen MR) is 240 cm³/mol. The minimum atomic E-state index is -3.42. The Labute approximate surface area is 382 Å². The second-order valence-electron chi connectivity index (χ2n) is 17.6. The van der Waals surface area contributed by atoms with Gasteiger partial charge >= 0.3 is 6.16 Å². The number of piperidine rings is 4. The molecule has 4 fully saturated rings. The summed E-state index contributed by atoms with van der Waals surface area (Å²) in [7, 11) is -3.31. The Balaban J connectivity index is 1.00. The van der Waals surface area contributed by atoms with Gasteiger partial charge in [-0.1, -0.05) is 12.8 Å². The number of hydrogen-bond donors (Lipinski definition) is 4. The molecule has 0 radical (unpaired) electrons. The first kappa shape index (κ1) is 47.2. The highest BCUT2D eigenvalue weighted by atomic mass is 32.2. The minimum absolute atomic E-state index is 0.0159. The Morgan fingerprint density at radius 1 is 0.682 bits per heavy atom. The average molecular weight is 961 g/mol. The minimum Gasteiger partial charge on any atom is -0.428 e. The zero-order chi connectivity index (χ0) is 47.1. The van der Waals surface area contributed by atoms with Crippen LogP contribution in [0.4, 0.5) is 48.7 Å². The lowest BCUT2D eigenvalue weighted by atomic mass is 9.83. The van der Waals surface area contributed by atoms with Crippen LogP contribution >= 0.6 is 0 Å². The molecule has 0 unspecified atom stereocenters. The molecule has 25 heteroatoms. The second kappa shape index (κ2) is 19.1. The van der Waals surface area contributed by atoms with E-state index >= 15 is 8.78 Å². The normalized spacial score (nSPS) is 23.6. The van der Waals surface area contributed by atoms with Gasteiger partial charge in [-0.2, -0.15) is 28.8 Å². The molecule has 0 aromatic carbocycles. The fourth-order valence-electron chi connectivity index (χ4n) is 9.92. The molecule has 21 nitrogen and oxygen atoms in total. The number of halogens is 2. The Morgan fingerprint density at radius 2 is 1.05 bits per heavy atom. The summed E-state index contributed by atoms with van der Waals surface area (Å²) >= 11 is 0. The van der Waals surface area contributed by atoms with Crippen molar-refractivity contribution in [2.45, 2.75) is 141 Å². The molecule has 4 aliphatic rings. The van der Waals surface area contributed by atoms with Crippen LogP contribution in [0, 0.1) is 25.5 Å². The quantitative estimate of drug-likeness (QED) is 0.104. The summed E-state index contributed by atoms with van der Waals surface area (Å²) in [6.45, 7) is 5.47. The summed E-state index contributed by atoms with van der Waals surface area (Å²) in [5.41, 5.74) is 0.846. The Hall–Kier alpha value is -5.27. The van der Waals surface area contributed by atoms with Gasteiger partial charge in [0.2, 0.25) is 31.9 Å². The number of nitrogens with zero attached hydrogens (tertiary/aromatic N) is 10. The van der Waals surface area contributed by atoms with Gasteiger partial charge in [0, 0.05) is 73.9 Å². The van der Waals surface area contributed by atoms with E-state index in [1.807, 2.05) is 0 Å². The highest BCUT2D eigenvalue weighted by Gasteiger charge is 2.46. The number of sulfonamides is 2. The molecule has 360 valence electrons. The second-order valence-corrected chi connectivity index (χ2v) is 22.0. The predicted octanol–water partition coefficient (Wildman–Crippen LogP) is 5.29. The maximum Gasteiger partial charge on any atom is 0.509 e. The van der Waals surface area contributed by atoms with Crippen LogP contribution in [0.5, 0.6) is 0 Å². The summed E-state index contributed by atoms with van der Waals surface area (Å²) in [4.78, 5) is 34.8. The topological polar surface area (TPSA) is 250 Å². The lowest BCUT2D eigenvalue weighted by Gasteiger charge is -2.49. The SMILES string of the molecule is CCS(=O)(=O)N1[C@@H]2CCC[C@H]1C[C@@H](N(C)c1nc(COC(=O)OCc3nc(N(C)[C@H]4C[C@H]5CCC[C@@H](C4)N5S(=O)(=O)CC)nc(Nc4cc(C)[nH]n4)c3F)c(F)c(Nc3cc(C)[nH]n3)n1)C2. The Morgan fingerprint density at radius 3 is 1.36 bits per heavy atom. The number of rotatable bonds is 16. The molecule has 6 atom stereocenters. The summed E-state index contributed by atoms with van der Waals surface area (Å²) in [6, 6.07) is 2.17. The standard InChI is InChI=1S/C41H58F2N14O7S2/c1-7-65(59,60)56-25-11-9-12-26(56)18-29(17-25)54(5)39-44-31(35(42)37(48-39)46-33-15-23(3)50-52-33)21-63-41(58)64-22-32-36(43)38(47-34-16-24(4)51-53-34)49-40(45-32)55(6)30-19-27-13-10-14-28(20-30)57(27)66(61,62)8-2/h15-16,25-30H,7-14,17-22H2,1-6H3,(H2,44,46,48,50,52)(H2,45,47,49,51,53)/t25-,26+,27-,28+,29+,30+. The molecule has 4 aliphatic heterocycles. The molecule has 4 bridgehead atoms. The van der Waals surface area contributed by atoms with Gasteiger partial charge in [0.1, 0.15) is 24.6 Å². The average Bonchev–Trinajstić information content (AvgIpc) is 3.90. The molecule has 4 saturated heterocycles. The van der Waals surface area contributed by atoms with Gasteiger partial charge in [0.15, 0.2) is 34.9 Å². The summed E-state index contributed by atoms with van der Waals surface area (Å²) in [6.07, 6.45) is 5.56. The third kappa shape index (κ3) is 9.88. The lowest BCUT2D eigenvalue weighted by Crippen LogP contribution is -2.58. The molecule has 0 spiro atoms. The van der Waals surface area contributed by atoms with Crippen LogP contribution in [0.25, 0.3) is 0 Å². The largest absolute Gasteiger partial charge is 0.509 e. The maximum atomic E-state index is 16.2. The maximum absolute atomic E-state index is 16.2.